The SMILES string of the molecule is CN(C)C(=O)CN=C(NCC1(C)CCCS1)NC1CC2CCC1C2. The van der Waals surface area contributed by atoms with Gasteiger partial charge in [-0.3, -0.25) is 4.79 Å². The van der Waals surface area contributed by atoms with Gasteiger partial charge in [0.15, 0.2) is 5.96 Å². The van der Waals surface area contributed by atoms with Gasteiger partial charge < -0.3 is 15.5 Å². The maximum Gasteiger partial charge on any atom is 0.243 e. The van der Waals surface area contributed by atoms with Gasteiger partial charge in [0.05, 0.1) is 0 Å². The number of nitrogens with one attached hydrogen (secondary N) is 2. The second-order valence-electron chi connectivity index (χ2n) is 8.13. The molecule has 3 aliphatic rings. The second-order valence-corrected chi connectivity index (χ2v) is 9.82. The highest BCUT2D eigenvalue weighted by Gasteiger charge is 2.40. The van der Waals surface area contributed by atoms with Crippen molar-refractivity contribution in [1.82, 2.24) is 15.5 Å². The Morgan fingerprint density at radius 2 is 2.17 bits per heavy atom. The summed E-state index contributed by atoms with van der Waals surface area (Å²) in [6.07, 6.45) is 7.93. The van der Waals surface area contributed by atoms with Crippen LogP contribution in [-0.2, 0) is 4.79 Å². The van der Waals surface area contributed by atoms with E-state index in [-0.39, 0.29) is 12.5 Å². The molecule has 0 spiro atoms. The number of rotatable bonds is 5. The number of hydrogen-bond donors (Lipinski definition) is 2. The first-order valence-electron chi connectivity index (χ1n) is 9.34. The van der Waals surface area contributed by atoms with Crippen LogP contribution in [0.3, 0.4) is 0 Å². The molecule has 6 heteroatoms. The summed E-state index contributed by atoms with van der Waals surface area (Å²) in [5.41, 5.74) is 0. The molecule has 2 saturated carbocycles. The molecule has 4 atom stereocenters. The molecule has 0 radical (unpaired) electrons. The average molecular weight is 353 g/mol. The predicted molar refractivity (Wildman–Crippen MR) is 101 cm³/mol. The third kappa shape index (κ3) is 4.38. The summed E-state index contributed by atoms with van der Waals surface area (Å²) in [5, 5.41) is 7.17. The average Bonchev–Trinajstić information content (AvgIpc) is 3.26. The smallest absolute Gasteiger partial charge is 0.243 e. The Bertz CT molecular complexity index is 487. The van der Waals surface area contributed by atoms with E-state index in [0.717, 1.165) is 24.3 Å². The van der Waals surface area contributed by atoms with Crippen LogP contribution in [0.2, 0.25) is 0 Å². The number of likely N-dealkylation sites (N-methyl/N-ethyl adjacent to an activating group) is 1. The molecule has 0 aromatic heterocycles. The Balaban J connectivity index is 1.59. The molecule has 2 aliphatic carbocycles. The van der Waals surface area contributed by atoms with Gasteiger partial charge in [0, 0.05) is 31.4 Å². The fourth-order valence-electron chi connectivity index (χ4n) is 4.28. The standard InChI is InChI=1S/C18H32N4OS/c1-18(7-4-8-24-18)12-20-17(19-11-16(23)22(2)3)21-15-10-13-5-6-14(15)9-13/h13-15H,4-12H2,1-3H3,(H2,19,20,21). The minimum atomic E-state index is 0.0468. The van der Waals surface area contributed by atoms with E-state index in [4.69, 9.17) is 0 Å². The van der Waals surface area contributed by atoms with Crippen molar-refractivity contribution in [3.05, 3.63) is 0 Å². The molecule has 3 rings (SSSR count). The van der Waals surface area contributed by atoms with Crippen molar-refractivity contribution in [2.75, 3.05) is 32.9 Å². The third-order valence-electron chi connectivity index (χ3n) is 5.86. The summed E-state index contributed by atoms with van der Waals surface area (Å²) in [6.45, 7) is 3.46. The largest absolute Gasteiger partial charge is 0.355 e. The van der Waals surface area contributed by atoms with Crippen LogP contribution in [0.4, 0.5) is 0 Å². The Morgan fingerprint density at radius 1 is 1.33 bits per heavy atom. The van der Waals surface area contributed by atoms with Crippen LogP contribution in [-0.4, -0.2) is 60.5 Å². The summed E-state index contributed by atoms with van der Waals surface area (Å²) in [7, 11) is 3.56. The molecule has 3 fully saturated rings. The van der Waals surface area contributed by atoms with Crippen molar-refractivity contribution in [3.8, 4) is 0 Å². The predicted octanol–water partition coefficient (Wildman–Crippen LogP) is 2.08. The molecule has 2 N–H and O–H groups in total. The van der Waals surface area contributed by atoms with E-state index >= 15 is 0 Å². The third-order valence-corrected chi connectivity index (χ3v) is 7.40. The van der Waals surface area contributed by atoms with E-state index in [2.05, 4.69) is 34.3 Å². The van der Waals surface area contributed by atoms with Gasteiger partial charge in [0.25, 0.3) is 0 Å². The molecular weight excluding hydrogens is 320 g/mol. The maximum absolute atomic E-state index is 11.9. The number of hydrogen-bond acceptors (Lipinski definition) is 3. The first kappa shape index (κ1) is 17.9. The first-order valence-corrected chi connectivity index (χ1v) is 10.3. The van der Waals surface area contributed by atoms with Crippen LogP contribution in [0.15, 0.2) is 4.99 Å². The zero-order chi connectivity index (χ0) is 17.2. The Morgan fingerprint density at radius 3 is 2.75 bits per heavy atom. The van der Waals surface area contributed by atoms with Gasteiger partial charge in [-0.05, 0) is 56.6 Å². The minimum absolute atomic E-state index is 0.0468. The number of nitrogens with zero attached hydrogens (tertiary/aromatic N) is 2. The summed E-state index contributed by atoms with van der Waals surface area (Å²) >= 11 is 2.05. The molecule has 5 nitrogen and oxygen atoms in total. The van der Waals surface area contributed by atoms with Crippen molar-refractivity contribution in [2.24, 2.45) is 16.8 Å². The molecule has 1 amide bonds. The monoisotopic (exact) mass is 352 g/mol. The van der Waals surface area contributed by atoms with Crippen LogP contribution < -0.4 is 10.6 Å². The van der Waals surface area contributed by atoms with Gasteiger partial charge >= 0.3 is 0 Å². The van der Waals surface area contributed by atoms with Crippen molar-refractivity contribution in [1.29, 1.82) is 0 Å². The zero-order valence-corrected chi connectivity index (χ0v) is 16.1. The summed E-state index contributed by atoms with van der Waals surface area (Å²) in [6, 6.07) is 0.536. The van der Waals surface area contributed by atoms with Crippen LogP contribution in [0.5, 0.6) is 0 Å². The second kappa shape index (κ2) is 7.54. The van der Waals surface area contributed by atoms with Gasteiger partial charge in [-0.15, -0.1) is 0 Å². The lowest BCUT2D eigenvalue weighted by Gasteiger charge is -2.28. The Hall–Kier alpha value is -0.910. The van der Waals surface area contributed by atoms with Gasteiger partial charge in [-0.2, -0.15) is 11.8 Å². The van der Waals surface area contributed by atoms with Crippen LogP contribution in [0.1, 0.15) is 45.4 Å². The van der Waals surface area contributed by atoms with Crippen molar-refractivity contribution < 1.29 is 4.79 Å². The number of amides is 1. The number of fused-ring (bicyclic) bond motifs is 2. The zero-order valence-electron chi connectivity index (χ0n) is 15.3. The highest BCUT2D eigenvalue weighted by molar-refractivity contribution is 8.00. The molecule has 136 valence electrons. The van der Waals surface area contributed by atoms with Gasteiger partial charge in [0.2, 0.25) is 5.91 Å². The molecule has 2 bridgehead atoms. The summed E-state index contributed by atoms with van der Waals surface area (Å²) in [5.74, 6) is 3.83. The molecule has 1 saturated heterocycles. The fraction of sp³-hybridized carbons (Fsp3) is 0.889. The lowest BCUT2D eigenvalue weighted by atomic mass is 9.95. The van der Waals surface area contributed by atoms with Gasteiger partial charge in [-0.1, -0.05) is 6.42 Å². The summed E-state index contributed by atoms with van der Waals surface area (Å²) in [4.78, 5) is 18.1. The number of carbonyl (C=O) groups excluding carboxylic acids is 1. The van der Waals surface area contributed by atoms with E-state index in [1.165, 1.54) is 44.3 Å². The van der Waals surface area contributed by atoms with Crippen molar-refractivity contribution in [3.63, 3.8) is 0 Å². The van der Waals surface area contributed by atoms with Crippen molar-refractivity contribution in [2.45, 2.75) is 56.2 Å². The topological polar surface area (TPSA) is 56.7 Å². The lowest BCUT2D eigenvalue weighted by molar-refractivity contribution is -0.127. The molecule has 4 unspecified atom stereocenters. The lowest BCUT2D eigenvalue weighted by Crippen LogP contribution is -2.49. The first-order chi connectivity index (χ1) is 11.5. The van der Waals surface area contributed by atoms with Gasteiger partial charge in [-0.25, -0.2) is 4.99 Å². The van der Waals surface area contributed by atoms with Crippen LogP contribution in [0, 0.1) is 11.8 Å². The highest BCUT2D eigenvalue weighted by atomic mass is 32.2. The van der Waals surface area contributed by atoms with E-state index in [1.807, 2.05) is 0 Å². The Kier molecular flexibility index (Phi) is 5.63. The molecule has 0 aromatic carbocycles. The van der Waals surface area contributed by atoms with E-state index in [9.17, 15) is 4.79 Å². The number of thioether (sulfide) groups is 1. The van der Waals surface area contributed by atoms with Crippen molar-refractivity contribution >= 4 is 23.6 Å². The molecule has 0 aromatic rings. The van der Waals surface area contributed by atoms with Crippen LogP contribution in [0.25, 0.3) is 0 Å². The molecular formula is C18H32N4OS. The molecule has 24 heavy (non-hydrogen) atoms. The minimum Gasteiger partial charge on any atom is -0.355 e. The number of aliphatic imine (C=N–C) groups is 1. The van der Waals surface area contributed by atoms with E-state index in [1.54, 1.807) is 19.0 Å². The normalized spacial score (nSPS) is 35.3. The maximum atomic E-state index is 11.9. The van der Waals surface area contributed by atoms with Crippen LogP contribution >= 0.6 is 11.8 Å². The van der Waals surface area contributed by atoms with Gasteiger partial charge in [0.1, 0.15) is 6.54 Å². The number of carbonyl (C=O) groups is 1. The van der Waals surface area contributed by atoms with E-state index in [0.29, 0.717) is 10.8 Å². The Labute approximate surface area is 150 Å². The molecule has 1 aliphatic heterocycles. The fourth-order valence-corrected chi connectivity index (χ4v) is 5.53. The van der Waals surface area contributed by atoms with E-state index < -0.39 is 0 Å². The molecule has 1 heterocycles. The number of guanidine groups is 1. The summed E-state index contributed by atoms with van der Waals surface area (Å²) < 4.78 is 0.294. The highest BCUT2D eigenvalue weighted by Crippen LogP contribution is 2.44. The quantitative estimate of drug-likeness (QED) is 0.588.